The Morgan fingerprint density at radius 3 is 2.35 bits per heavy atom. The fourth-order valence-corrected chi connectivity index (χ4v) is 4.19. The second-order valence-corrected chi connectivity index (χ2v) is 7.12. The van der Waals surface area contributed by atoms with Crippen LogP contribution in [0.15, 0.2) is 17.0 Å². The third-order valence-electron chi connectivity index (χ3n) is 3.94. The topological polar surface area (TPSA) is 92.7 Å². The Morgan fingerprint density at radius 2 is 1.83 bits per heavy atom. The van der Waals surface area contributed by atoms with E-state index < -0.39 is 43.8 Å². The number of sulfonamides is 1. The molecule has 0 bridgehead atoms. The first-order chi connectivity index (χ1) is 10.7. The Balaban J connectivity index is 2.42. The van der Waals surface area contributed by atoms with Crippen LogP contribution in [-0.2, 0) is 14.8 Å². The van der Waals surface area contributed by atoms with Gasteiger partial charge in [-0.3, -0.25) is 4.79 Å². The molecule has 1 aliphatic rings. The van der Waals surface area contributed by atoms with Gasteiger partial charge in [0.15, 0.2) is 11.6 Å². The number of aliphatic carboxylic acids is 1. The Labute approximate surface area is 132 Å². The summed E-state index contributed by atoms with van der Waals surface area (Å²) >= 11 is 0. The number of hydrogen-bond donors (Lipinski definition) is 2. The lowest BCUT2D eigenvalue weighted by Crippen LogP contribution is -2.55. The van der Waals surface area contributed by atoms with E-state index >= 15 is 0 Å². The Morgan fingerprint density at radius 1 is 1.22 bits per heavy atom. The van der Waals surface area contributed by atoms with E-state index in [4.69, 9.17) is 0 Å². The molecule has 6 nitrogen and oxygen atoms in total. The fraction of sp³-hybridized carbons (Fsp3) is 0.500. The summed E-state index contributed by atoms with van der Waals surface area (Å²) in [6, 6.07) is 1.09. The van der Waals surface area contributed by atoms with Gasteiger partial charge in [0.05, 0.1) is 7.11 Å². The number of benzene rings is 1. The predicted molar refractivity (Wildman–Crippen MR) is 76.7 cm³/mol. The number of carbonyl (C=O) groups is 1. The van der Waals surface area contributed by atoms with Crippen molar-refractivity contribution in [3.8, 4) is 5.75 Å². The largest absolute Gasteiger partial charge is 0.494 e. The van der Waals surface area contributed by atoms with Crippen molar-refractivity contribution in [3.05, 3.63) is 23.8 Å². The van der Waals surface area contributed by atoms with Crippen LogP contribution < -0.4 is 9.46 Å². The number of ether oxygens (including phenoxy) is 1. The van der Waals surface area contributed by atoms with E-state index in [0.717, 1.165) is 13.5 Å². The molecule has 0 aliphatic heterocycles. The third-order valence-corrected chi connectivity index (χ3v) is 5.49. The molecule has 2 rings (SSSR count). The zero-order chi connectivity index (χ0) is 17.3. The van der Waals surface area contributed by atoms with E-state index in [1.807, 2.05) is 0 Å². The summed E-state index contributed by atoms with van der Waals surface area (Å²) in [4.78, 5) is 10.6. The van der Waals surface area contributed by atoms with Crippen molar-refractivity contribution in [1.29, 1.82) is 0 Å². The number of hydrogen-bond acceptors (Lipinski definition) is 4. The molecule has 0 saturated heterocycles. The van der Waals surface area contributed by atoms with Crippen LogP contribution >= 0.6 is 0 Å². The number of rotatable bonds is 5. The molecule has 0 atom stereocenters. The van der Waals surface area contributed by atoms with Crippen LogP contribution in [0.25, 0.3) is 0 Å². The smallest absolute Gasteiger partial charge is 0.324 e. The summed E-state index contributed by atoms with van der Waals surface area (Å²) < 4.78 is 59.0. The number of methoxy groups -OCH3 is 1. The van der Waals surface area contributed by atoms with Gasteiger partial charge in [-0.2, -0.15) is 4.72 Å². The first-order valence-electron chi connectivity index (χ1n) is 7.02. The van der Waals surface area contributed by atoms with E-state index in [-0.39, 0.29) is 12.8 Å². The molecule has 0 heterocycles. The van der Waals surface area contributed by atoms with Gasteiger partial charge in [0.1, 0.15) is 16.3 Å². The van der Waals surface area contributed by atoms with Crippen molar-refractivity contribution in [2.75, 3.05) is 7.11 Å². The summed E-state index contributed by atoms with van der Waals surface area (Å²) in [6.45, 7) is 0. The second-order valence-electron chi connectivity index (χ2n) is 5.47. The van der Waals surface area contributed by atoms with Crippen LogP contribution in [0.4, 0.5) is 8.78 Å². The highest BCUT2D eigenvalue weighted by Crippen LogP contribution is 2.31. The van der Waals surface area contributed by atoms with Crippen molar-refractivity contribution >= 4 is 16.0 Å². The normalized spacial score (nSPS) is 17.7. The van der Waals surface area contributed by atoms with Crippen molar-refractivity contribution in [2.24, 2.45) is 0 Å². The minimum Gasteiger partial charge on any atom is -0.494 e. The Bertz CT molecular complexity index is 714. The van der Waals surface area contributed by atoms with Crippen molar-refractivity contribution < 1.29 is 31.8 Å². The molecule has 1 aliphatic carbocycles. The molecule has 1 aromatic rings. The van der Waals surface area contributed by atoms with Crippen LogP contribution in [0.3, 0.4) is 0 Å². The number of nitrogens with one attached hydrogen (secondary N) is 1. The molecule has 128 valence electrons. The lowest BCUT2D eigenvalue weighted by atomic mass is 9.83. The molecule has 1 saturated carbocycles. The van der Waals surface area contributed by atoms with Gasteiger partial charge in [-0.15, -0.1) is 0 Å². The van der Waals surface area contributed by atoms with Crippen LogP contribution in [0.1, 0.15) is 32.1 Å². The van der Waals surface area contributed by atoms with Gasteiger partial charge in [0, 0.05) is 12.1 Å². The predicted octanol–water partition coefficient (Wildman–Crippen LogP) is 2.04. The van der Waals surface area contributed by atoms with Gasteiger partial charge in [-0.1, -0.05) is 19.3 Å². The summed E-state index contributed by atoms with van der Waals surface area (Å²) in [6.07, 6.45) is 2.06. The highest BCUT2D eigenvalue weighted by Gasteiger charge is 2.43. The lowest BCUT2D eigenvalue weighted by molar-refractivity contribution is -0.145. The maximum atomic E-state index is 14.0. The first kappa shape index (κ1) is 17.6. The summed E-state index contributed by atoms with van der Waals surface area (Å²) in [5, 5.41) is 9.39. The monoisotopic (exact) mass is 349 g/mol. The molecule has 0 amide bonds. The summed E-state index contributed by atoms with van der Waals surface area (Å²) in [5.74, 6) is -4.03. The van der Waals surface area contributed by atoms with Gasteiger partial charge in [-0.05, 0) is 12.8 Å². The molecular weight excluding hydrogens is 332 g/mol. The van der Waals surface area contributed by atoms with Gasteiger partial charge in [0.25, 0.3) is 0 Å². The fourth-order valence-electron chi connectivity index (χ4n) is 2.70. The number of carboxylic acids is 1. The van der Waals surface area contributed by atoms with Crippen molar-refractivity contribution in [3.63, 3.8) is 0 Å². The molecule has 0 radical (unpaired) electrons. The number of halogens is 2. The highest BCUT2D eigenvalue weighted by molar-refractivity contribution is 7.89. The number of carboxylic acid groups (broad SMARTS) is 1. The van der Waals surface area contributed by atoms with E-state index in [1.165, 1.54) is 0 Å². The summed E-state index contributed by atoms with van der Waals surface area (Å²) in [7, 11) is -3.43. The molecule has 23 heavy (non-hydrogen) atoms. The zero-order valence-corrected chi connectivity index (χ0v) is 13.3. The molecule has 0 aromatic heterocycles. The molecule has 0 unspecified atom stereocenters. The Kier molecular flexibility index (Phi) is 4.90. The minimum absolute atomic E-state index is 0.0990. The third kappa shape index (κ3) is 3.45. The van der Waals surface area contributed by atoms with Crippen LogP contribution in [0.5, 0.6) is 5.75 Å². The zero-order valence-electron chi connectivity index (χ0n) is 12.4. The van der Waals surface area contributed by atoms with Crippen LogP contribution in [0.2, 0.25) is 0 Å². The van der Waals surface area contributed by atoms with Crippen LogP contribution in [0, 0.1) is 11.6 Å². The van der Waals surface area contributed by atoms with E-state index in [0.29, 0.717) is 25.0 Å². The van der Waals surface area contributed by atoms with E-state index in [1.54, 1.807) is 0 Å². The SMILES string of the molecule is COc1cc(F)c(S(=O)(=O)NC2(C(=O)O)CCCCC2)cc1F. The Hall–Kier alpha value is -1.74. The lowest BCUT2D eigenvalue weighted by Gasteiger charge is -2.33. The van der Waals surface area contributed by atoms with Crippen molar-refractivity contribution in [2.45, 2.75) is 42.5 Å². The molecule has 9 heteroatoms. The van der Waals surface area contributed by atoms with Gasteiger partial charge in [-0.25, -0.2) is 17.2 Å². The quantitative estimate of drug-likeness (QED) is 0.849. The van der Waals surface area contributed by atoms with E-state index in [2.05, 4.69) is 9.46 Å². The van der Waals surface area contributed by atoms with Crippen molar-refractivity contribution in [1.82, 2.24) is 4.72 Å². The highest BCUT2D eigenvalue weighted by atomic mass is 32.2. The molecule has 1 aromatic carbocycles. The molecule has 1 fully saturated rings. The molecule has 0 spiro atoms. The maximum Gasteiger partial charge on any atom is 0.324 e. The standard InChI is InChI=1S/C14H17F2NO5S/c1-22-11-7-10(16)12(8-9(11)15)23(20,21)17-14(13(18)19)5-3-2-4-6-14/h7-8,17H,2-6H2,1H3,(H,18,19). The summed E-state index contributed by atoms with van der Waals surface area (Å²) in [5.41, 5.74) is -1.69. The van der Waals surface area contributed by atoms with E-state index in [9.17, 15) is 27.1 Å². The maximum absolute atomic E-state index is 14.0. The van der Waals surface area contributed by atoms with Gasteiger partial charge in [0.2, 0.25) is 10.0 Å². The van der Waals surface area contributed by atoms with Gasteiger partial charge < -0.3 is 9.84 Å². The average Bonchev–Trinajstić information content (AvgIpc) is 2.49. The van der Waals surface area contributed by atoms with Gasteiger partial charge >= 0.3 is 5.97 Å². The minimum atomic E-state index is -4.54. The second kappa shape index (κ2) is 6.40. The molecular formula is C14H17F2NO5S. The molecule has 2 N–H and O–H groups in total. The average molecular weight is 349 g/mol. The first-order valence-corrected chi connectivity index (χ1v) is 8.50. The van der Waals surface area contributed by atoms with Crippen LogP contribution in [-0.4, -0.2) is 32.1 Å².